The molecular formula is C34H28F2N6O3S. The number of imidazole rings is 1. The van der Waals surface area contributed by atoms with Gasteiger partial charge in [0.2, 0.25) is 0 Å². The van der Waals surface area contributed by atoms with Crippen LogP contribution >= 0.6 is 11.8 Å². The Bertz CT molecular complexity index is 2250. The fraction of sp³-hybridized carbons (Fsp3) is 0.206. The molecule has 2 aromatic carbocycles. The van der Waals surface area contributed by atoms with Gasteiger partial charge in [-0.25, -0.2) is 28.1 Å². The summed E-state index contributed by atoms with van der Waals surface area (Å²) in [5, 5.41) is 2.98. The molecule has 4 aromatic heterocycles. The number of carbonyl (C=O) groups excluding carboxylic acids is 1. The van der Waals surface area contributed by atoms with Crippen molar-refractivity contribution in [1.82, 2.24) is 28.8 Å². The highest BCUT2D eigenvalue weighted by atomic mass is 32.2. The Hall–Kier alpha value is -5.10. The summed E-state index contributed by atoms with van der Waals surface area (Å²) in [6.07, 6.45) is 7.60. The molecule has 0 radical (unpaired) electrons. The molecule has 0 unspecified atom stereocenters. The van der Waals surface area contributed by atoms with Crippen molar-refractivity contribution in [3.05, 3.63) is 123 Å². The molecule has 232 valence electrons. The standard InChI is InChI=1S/C34H28F2N6O3S/c1-46-29-8-3-2-7-26(29)20-5-4-6-25(15-20)41-31-27(16-22(36)17-37-31)33(44)42(34(41)45)24-12-10-23(11-13-24)38-32(43)28-19-40-18-21(35)9-14-30(40)39-28/h2-9,14-19,23-24H,10-13H2,1H3,(H,38,43)/t23-,24+. The summed E-state index contributed by atoms with van der Waals surface area (Å²) in [5.41, 5.74) is 1.92. The number of carbonyl (C=O) groups is 1. The molecule has 1 aliphatic carbocycles. The van der Waals surface area contributed by atoms with Crippen LogP contribution in [-0.2, 0) is 0 Å². The maximum Gasteiger partial charge on any atom is 0.337 e. The molecule has 1 amide bonds. The van der Waals surface area contributed by atoms with E-state index in [1.807, 2.05) is 48.7 Å². The maximum atomic E-state index is 14.4. The third-order valence-electron chi connectivity index (χ3n) is 8.46. The van der Waals surface area contributed by atoms with Crippen molar-refractivity contribution in [3.63, 3.8) is 0 Å². The number of nitrogens with zero attached hydrogens (tertiary/aromatic N) is 5. The van der Waals surface area contributed by atoms with Crippen molar-refractivity contribution in [2.75, 3.05) is 6.26 Å². The summed E-state index contributed by atoms with van der Waals surface area (Å²) in [6, 6.07) is 18.6. The van der Waals surface area contributed by atoms with Crippen LogP contribution in [0.1, 0.15) is 42.2 Å². The van der Waals surface area contributed by atoms with Crippen molar-refractivity contribution >= 4 is 34.3 Å². The molecule has 0 aliphatic heterocycles. The summed E-state index contributed by atoms with van der Waals surface area (Å²) in [6.45, 7) is 0. The number of amides is 1. The molecule has 1 aliphatic rings. The maximum absolute atomic E-state index is 14.4. The second kappa shape index (κ2) is 12.0. The number of aromatic nitrogens is 5. The molecular weight excluding hydrogens is 610 g/mol. The highest BCUT2D eigenvalue weighted by Crippen LogP contribution is 2.32. The fourth-order valence-electron chi connectivity index (χ4n) is 6.24. The van der Waals surface area contributed by atoms with Gasteiger partial charge in [0.25, 0.3) is 11.5 Å². The van der Waals surface area contributed by atoms with Gasteiger partial charge in [0, 0.05) is 29.4 Å². The minimum Gasteiger partial charge on any atom is -0.348 e. The van der Waals surface area contributed by atoms with E-state index in [2.05, 4.69) is 15.3 Å². The molecule has 9 nitrogen and oxygen atoms in total. The Morgan fingerprint density at radius 1 is 0.935 bits per heavy atom. The van der Waals surface area contributed by atoms with E-state index in [1.165, 1.54) is 38.1 Å². The number of fused-ring (bicyclic) bond motifs is 2. The van der Waals surface area contributed by atoms with Crippen LogP contribution in [0.3, 0.4) is 0 Å². The van der Waals surface area contributed by atoms with Gasteiger partial charge >= 0.3 is 5.69 Å². The van der Waals surface area contributed by atoms with Crippen LogP contribution < -0.4 is 16.6 Å². The van der Waals surface area contributed by atoms with Crippen molar-refractivity contribution in [1.29, 1.82) is 0 Å². The summed E-state index contributed by atoms with van der Waals surface area (Å²) in [7, 11) is 0. The minimum absolute atomic E-state index is 0.00762. The van der Waals surface area contributed by atoms with Gasteiger partial charge in [-0.2, -0.15) is 0 Å². The zero-order valence-corrected chi connectivity index (χ0v) is 25.5. The van der Waals surface area contributed by atoms with Crippen LogP contribution in [-0.4, -0.2) is 41.7 Å². The summed E-state index contributed by atoms with van der Waals surface area (Å²) in [5.74, 6) is -1.50. The van der Waals surface area contributed by atoms with Crippen molar-refractivity contribution < 1.29 is 13.6 Å². The van der Waals surface area contributed by atoms with E-state index < -0.39 is 28.9 Å². The van der Waals surface area contributed by atoms with Gasteiger partial charge in [0.1, 0.15) is 23.0 Å². The molecule has 46 heavy (non-hydrogen) atoms. The van der Waals surface area contributed by atoms with E-state index in [1.54, 1.807) is 17.8 Å². The first-order valence-corrected chi connectivity index (χ1v) is 16.0. The monoisotopic (exact) mass is 638 g/mol. The first-order chi connectivity index (χ1) is 22.3. The Kier molecular flexibility index (Phi) is 7.73. The molecule has 0 spiro atoms. The highest BCUT2D eigenvalue weighted by Gasteiger charge is 2.28. The van der Waals surface area contributed by atoms with Crippen molar-refractivity contribution in [3.8, 4) is 16.8 Å². The van der Waals surface area contributed by atoms with Gasteiger partial charge in [-0.05, 0) is 79.5 Å². The topological polar surface area (TPSA) is 103 Å². The van der Waals surface area contributed by atoms with Crippen LogP contribution in [0.15, 0.2) is 99.8 Å². The molecule has 12 heteroatoms. The lowest BCUT2D eigenvalue weighted by Gasteiger charge is -2.30. The van der Waals surface area contributed by atoms with Crippen LogP contribution in [0.2, 0.25) is 0 Å². The van der Waals surface area contributed by atoms with Gasteiger partial charge in [-0.3, -0.25) is 14.2 Å². The molecule has 0 saturated heterocycles. The average Bonchev–Trinajstić information content (AvgIpc) is 3.50. The van der Waals surface area contributed by atoms with Gasteiger partial charge in [0.05, 0.1) is 17.3 Å². The summed E-state index contributed by atoms with van der Waals surface area (Å²) in [4.78, 5) is 50.4. The molecule has 1 saturated carbocycles. The Labute approximate surface area is 265 Å². The third-order valence-corrected chi connectivity index (χ3v) is 9.25. The van der Waals surface area contributed by atoms with E-state index in [9.17, 15) is 23.2 Å². The lowest BCUT2D eigenvalue weighted by Crippen LogP contribution is -2.45. The molecule has 4 heterocycles. The van der Waals surface area contributed by atoms with Crippen LogP contribution in [0.4, 0.5) is 8.78 Å². The lowest BCUT2D eigenvalue weighted by molar-refractivity contribution is 0.0917. The first kappa shape index (κ1) is 29.6. The fourth-order valence-corrected chi connectivity index (χ4v) is 6.87. The van der Waals surface area contributed by atoms with Gasteiger partial charge in [-0.1, -0.05) is 30.3 Å². The van der Waals surface area contributed by atoms with Gasteiger partial charge in [-0.15, -0.1) is 11.8 Å². The predicted molar refractivity (Wildman–Crippen MR) is 173 cm³/mol. The highest BCUT2D eigenvalue weighted by molar-refractivity contribution is 7.98. The predicted octanol–water partition coefficient (Wildman–Crippen LogP) is 5.78. The number of thioether (sulfide) groups is 1. The average molecular weight is 639 g/mol. The minimum atomic E-state index is -0.676. The SMILES string of the molecule is CSc1ccccc1-c1cccc(-n2c(=O)n([C@H]3CC[C@@H](NC(=O)c4cn5cc(F)ccc5n4)CC3)c(=O)c3cc(F)cnc32)c1. The number of hydrogen-bond acceptors (Lipinski definition) is 6. The molecule has 1 N–H and O–H groups in total. The zero-order valence-electron chi connectivity index (χ0n) is 24.7. The van der Waals surface area contributed by atoms with Crippen molar-refractivity contribution in [2.45, 2.75) is 42.7 Å². The van der Waals surface area contributed by atoms with E-state index in [0.29, 0.717) is 37.0 Å². The molecule has 7 rings (SSSR count). The zero-order chi connectivity index (χ0) is 31.9. The molecule has 0 atom stereocenters. The van der Waals surface area contributed by atoms with Gasteiger partial charge in [0.15, 0.2) is 5.65 Å². The largest absolute Gasteiger partial charge is 0.348 e. The van der Waals surface area contributed by atoms with Crippen LogP contribution in [0.5, 0.6) is 0 Å². The van der Waals surface area contributed by atoms with Crippen LogP contribution in [0, 0.1) is 11.6 Å². The van der Waals surface area contributed by atoms with Crippen molar-refractivity contribution in [2.24, 2.45) is 0 Å². The second-order valence-corrected chi connectivity index (χ2v) is 12.1. The third kappa shape index (κ3) is 5.38. The number of nitrogens with one attached hydrogen (secondary N) is 1. The van der Waals surface area contributed by atoms with Crippen LogP contribution in [0.25, 0.3) is 33.5 Å². The number of halogens is 2. The van der Waals surface area contributed by atoms with E-state index in [-0.39, 0.29) is 28.7 Å². The van der Waals surface area contributed by atoms with E-state index in [0.717, 1.165) is 28.3 Å². The van der Waals surface area contributed by atoms with Gasteiger partial charge < -0.3 is 9.72 Å². The van der Waals surface area contributed by atoms with E-state index in [4.69, 9.17) is 0 Å². The normalized spacial score (nSPS) is 16.6. The Morgan fingerprint density at radius 3 is 2.54 bits per heavy atom. The first-order valence-electron chi connectivity index (χ1n) is 14.8. The number of rotatable bonds is 6. The molecule has 1 fully saturated rings. The molecule has 6 aromatic rings. The summed E-state index contributed by atoms with van der Waals surface area (Å²) < 4.78 is 32.0. The number of hydrogen-bond donors (Lipinski definition) is 1. The smallest absolute Gasteiger partial charge is 0.337 e. The second-order valence-electron chi connectivity index (χ2n) is 11.3. The number of benzene rings is 2. The Morgan fingerprint density at radius 2 is 1.74 bits per heavy atom. The lowest BCUT2D eigenvalue weighted by atomic mass is 9.90. The van der Waals surface area contributed by atoms with E-state index >= 15 is 0 Å². The summed E-state index contributed by atoms with van der Waals surface area (Å²) >= 11 is 1.61. The quantitative estimate of drug-likeness (QED) is 0.232. The Balaban J connectivity index is 1.20. The number of pyridine rings is 2. The molecule has 0 bridgehead atoms.